The van der Waals surface area contributed by atoms with Crippen molar-refractivity contribution in [2.75, 3.05) is 31.6 Å². The third kappa shape index (κ3) is 18.2. The number of aryl methyl sites for hydroxylation is 2. The fraction of sp³-hybridized carbons (Fsp3) is 0.603. The second-order valence-electron chi connectivity index (χ2n) is 28.4. The Morgan fingerprint density at radius 1 is 0.663 bits per heavy atom. The van der Waals surface area contributed by atoms with Crippen molar-refractivity contribution in [1.82, 2.24) is 31.9 Å². The molecular formula is C73H101N9O13. The molecule has 0 aliphatic heterocycles. The van der Waals surface area contributed by atoms with Crippen molar-refractivity contribution < 1.29 is 62.8 Å². The maximum absolute atomic E-state index is 14.8. The second kappa shape index (κ2) is 32.7. The number of phenols is 1. The molecule has 2 fully saturated rings. The number of aromatic hydroxyl groups is 1. The number of nitrogens with one attached hydrogen (secondary N) is 7. The molecular weight excluding hydrogens is 1210 g/mol. The van der Waals surface area contributed by atoms with Gasteiger partial charge in [-0.15, -0.1) is 5.92 Å². The van der Waals surface area contributed by atoms with Crippen molar-refractivity contribution in [3.8, 4) is 17.6 Å². The standard InChI is InChI=1S/C73H101N9O13/c1-45(2)62(81-63(87)55(74)19-12-13-37-76-61(86)44-94-52-17-10-8-7-9-11-18-52)65(89)79-56(20-14-38-77-68(75)92)64(88)78-50-28-22-46(23-29-50)43-95-69(93)80-57(42-83)58(85)40-47-21-24-48-26-31-59-70(3,53(48)39-47)33-15-35-72(59,5)66(90)82-67(91)73(6)36-16-34-71(4)54-41-51(84)30-25-49(54)27-32-60(71)73/h21-25,28-30,39,41,45,52,55-57,59-60,62,83-84H,7-10,12-17,19-20,26-27,31-38,40,42-44,74H2,1-6H3,(H,76,86)(H,78,88)(H,79,89)(H,80,93)(H,81,87)(H3,75,77,92)(H,82,90,91)/t52?,55-,56+,57+,59-,60-,62+,70-,71-,72+,73+/m1/s1. The Kier molecular flexibility index (Phi) is 25.1. The lowest BCUT2D eigenvalue weighted by Gasteiger charge is -2.56. The van der Waals surface area contributed by atoms with E-state index in [4.69, 9.17) is 20.9 Å². The first-order valence-corrected chi connectivity index (χ1v) is 34.3. The van der Waals surface area contributed by atoms with Gasteiger partial charge in [0, 0.05) is 31.6 Å². The van der Waals surface area contributed by atoms with Crippen LogP contribution in [-0.2, 0) is 79.7 Å². The highest BCUT2D eigenvalue weighted by Crippen LogP contribution is 2.60. The van der Waals surface area contributed by atoms with Gasteiger partial charge in [0.15, 0.2) is 5.78 Å². The summed E-state index contributed by atoms with van der Waals surface area (Å²) in [6, 6.07) is 12.7. The van der Waals surface area contributed by atoms with Crippen molar-refractivity contribution in [2.45, 2.75) is 224 Å². The summed E-state index contributed by atoms with van der Waals surface area (Å²) < 4.78 is 11.2. The highest BCUT2D eigenvalue weighted by molar-refractivity contribution is 6.01. The smallest absolute Gasteiger partial charge is 0.408 e. The zero-order valence-electron chi connectivity index (χ0n) is 56.3. The lowest BCUT2D eigenvalue weighted by molar-refractivity contribution is -0.150. The number of alkyl carbamates (subject to hydrolysis) is 1. The monoisotopic (exact) mass is 1310 g/mol. The fourth-order valence-electron chi connectivity index (χ4n) is 15.8. The van der Waals surface area contributed by atoms with Gasteiger partial charge in [-0.3, -0.25) is 38.9 Å². The summed E-state index contributed by atoms with van der Waals surface area (Å²) in [6.07, 6.45) is 12.9. The van der Waals surface area contributed by atoms with Crippen LogP contribution >= 0.6 is 0 Å². The first kappa shape index (κ1) is 72.9. The number of hydrogen-bond donors (Lipinski definition) is 11. The molecule has 95 heavy (non-hydrogen) atoms. The van der Waals surface area contributed by atoms with Crippen LogP contribution in [0, 0.1) is 40.4 Å². The average molecular weight is 1310 g/mol. The molecule has 5 aliphatic rings. The lowest BCUT2D eigenvalue weighted by Crippen LogP contribution is -2.60. The zero-order chi connectivity index (χ0) is 68.7. The first-order chi connectivity index (χ1) is 45.3. The van der Waals surface area contributed by atoms with Gasteiger partial charge < -0.3 is 63.1 Å². The third-order valence-electron chi connectivity index (χ3n) is 21.3. The number of urea groups is 1. The minimum atomic E-state index is -1.28. The molecule has 0 spiro atoms. The molecule has 11 atom stereocenters. The number of benzene rings is 3. The Morgan fingerprint density at radius 3 is 1.94 bits per heavy atom. The minimum absolute atomic E-state index is 0.00751. The van der Waals surface area contributed by atoms with Gasteiger partial charge in [-0.2, -0.15) is 0 Å². The minimum Gasteiger partial charge on any atom is -0.508 e. The van der Waals surface area contributed by atoms with Gasteiger partial charge in [-0.05, 0) is 189 Å². The number of carbonyl (C=O) groups excluding carboxylic acids is 9. The number of anilines is 1. The summed E-state index contributed by atoms with van der Waals surface area (Å²) in [6.45, 7) is 11.4. The van der Waals surface area contributed by atoms with Crippen LogP contribution in [0.1, 0.15) is 190 Å². The van der Waals surface area contributed by atoms with Gasteiger partial charge in [-0.1, -0.05) is 103 Å². The number of Topliss-reactive ketones (excluding diaryl/α,β-unsaturated/α-hetero) is 1. The molecule has 8 rings (SSSR count). The summed E-state index contributed by atoms with van der Waals surface area (Å²) in [5, 5.41) is 40.0. The number of primary amides is 1. The van der Waals surface area contributed by atoms with Crippen LogP contribution in [0.2, 0.25) is 0 Å². The van der Waals surface area contributed by atoms with Crippen LogP contribution in [0.3, 0.4) is 0 Å². The number of imide groups is 1. The van der Waals surface area contributed by atoms with E-state index in [1.165, 1.54) is 5.56 Å². The van der Waals surface area contributed by atoms with E-state index in [-0.39, 0.29) is 92.3 Å². The van der Waals surface area contributed by atoms with E-state index in [9.17, 15) is 53.4 Å². The topological polar surface area (TPSA) is 349 Å². The van der Waals surface area contributed by atoms with E-state index in [0.29, 0.717) is 49.0 Å². The molecule has 0 heterocycles. The van der Waals surface area contributed by atoms with Crippen LogP contribution in [0.5, 0.6) is 5.75 Å². The van der Waals surface area contributed by atoms with Gasteiger partial charge in [-0.25, -0.2) is 9.59 Å². The van der Waals surface area contributed by atoms with Crippen molar-refractivity contribution in [2.24, 2.45) is 40.1 Å². The highest BCUT2D eigenvalue weighted by atomic mass is 16.5. The molecule has 0 bridgehead atoms. The second-order valence-corrected chi connectivity index (χ2v) is 28.4. The Labute approximate surface area is 558 Å². The molecule has 1 unspecified atom stereocenters. The summed E-state index contributed by atoms with van der Waals surface area (Å²) >= 11 is 0. The molecule has 0 saturated heterocycles. The molecule has 22 heteroatoms. The summed E-state index contributed by atoms with van der Waals surface area (Å²) in [7, 11) is 0. The SMILES string of the molecule is CC(C)[C@H](NC(=O)[C@H](N)CCCCNC(=O)COC1C#CCCCCC1)C(=O)N[C@@H](CCCNC(N)=O)C(=O)Nc1ccc(COC(=O)N[C@@H](CO)C(=O)Cc2ccc3c(c2)[C@@]2(C)CCC[C@](C)(C(=O)NC(=O)[C@@]4(C)CCC[C@]5(C)c6cc(O)ccc6CC[C@@H]45)[C@@H]2CC3)cc1. The number of unbranched alkanes of at least 4 members (excludes halogenated alkanes) is 1. The zero-order valence-corrected chi connectivity index (χ0v) is 56.3. The van der Waals surface area contributed by atoms with Gasteiger partial charge >= 0.3 is 12.1 Å². The predicted octanol–water partition coefficient (Wildman–Crippen LogP) is 7.13. The molecule has 2 saturated carbocycles. The van der Waals surface area contributed by atoms with E-state index in [1.807, 2.05) is 44.2 Å². The number of phenolic OH excluding ortho intramolecular Hbond substituents is 1. The number of carbonyl (C=O) groups is 9. The molecule has 0 radical (unpaired) electrons. The number of fused-ring (bicyclic) bond motifs is 6. The maximum Gasteiger partial charge on any atom is 0.408 e. The highest BCUT2D eigenvalue weighted by Gasteiger charge is 2.58. The Hall–Kier alpha value is -7.87. The van der Waals surface area contributed by atoms with E-state index in [0.717, 1.165) is 100 Å². The van der Waals surface area contributed by atoms with Crippen LogP contribution in [-0.4, -0.2) is 120 Å². The van der Waals surface area contributed by atoms with Crippen LogP contribution in [0.4, 0.5) is 15.3 Å². The lowest BCUT2D eigenvalue weighted by atomic mass is 9.49. The molecule has 13 N–H and O–H groups in total. The molecule has 5 aliphatic carbocycles. The Morgan fingerprint density at radius 2 is 1.29 bits per heavy atom. The fourth-order valence-corrected chi connectivity index (χ4v) is 15.8. The molecule has 516 valence electrons. The largest absolute Gasteiger partial charge is 0.508 e. The number of aliphatic hydroxyl groups is 1. The maximum atomic E-state index is 14.8. The Balaban J connectivity index is 0.800. The molecule has 3 aromatic rings. The van der Waals surface area contributed by atoms with Crippen LogP contribution < -0.4 is 48.7 Å². The first-order valence-electron chi connectivity index (χ1n) is 34.3. The number of aliphatic hydroxyl groups excluding tert-OH is 1. The van der Waals surface area contributed by atoms with Crippen molar-refractivity contribution in [3.63, 3.8) is 0 Å². The number of nitrogens with two attached hydrogens (primary N) is 2. The Bertz CT molecular complexity index is 3350. The number of hydrogen-bond acceptors (Lipinski definition) is 14. The van der Waals surface area contributed by atoms with Crippen LogP contribution in [0.25, 0.3) is 0 Å². The van der Waals surface area contributed by atoms with E-state index < -0.39 is 88.6 Å². The van der Waals surface area contributed by atoms with Gasteiger partial charge in [0.2, 0.25) is 35.4 Å². The number of amides is 9. The third-order valence-corrected chi connectivity index (χ3v) is 21.3. The van der Waals surface area contributed by atoms with Gasteiger partial charge in [0.25, 0.3) is 0 Å². The average Bonchev–Trinajstić information content (AvgIpc) is 0.729. The predicted molar refractivity (Wildman–Crippen MR) is 359 cm³/mol. The van der Waals surface area contributed by atoms with E-state index in [2.05, 4.69) is 62.9 Å². The quantitative estimate of drug-likeness (QED) is 0.0196. The normalized spacial score (nSPS) is 24.7. The van der Waals surface area contributed by atoms with Crippen molar-refractivity contribution in [1.29, 1.82) is 0 Å². The number of rotatable bonds is 28. The van der Waals surface area contributed by atoms with Gasteiger partial charge in [0.1, 0.15) is 43.2 Å². The summed E-state index contributed by atoms with van der Waals surface area (Å²) in [5.74, 6) is 2.94. The summed E-state index contributed by atoms with van der Waals surface area (Å²) in [5.41, 5.74) is 15.2. The van der Waals surface area contributed by atoms with Crippen molar-refractivity contribution in [3.05, 3.63) is 94.0 Å². The molecule has 3 aromatic carbocycles. The van der Waals surface area contributed by atoms with Crippen LogP contribution in [0.15, 0.2) is 60.7 Å². The molecule has 9 amide bonds. The number of ketones is 1. The number of ether oxygens (including phenoxy) is 2. The summed E-state index contributed by atoms with van der Waals surface area (Å²) in [4.78, 5) is 121. The van der Waals surface area contributed by atoms with E-state index in [1.54, 1.807) is 44.2 Å². The molecule has 22 nitrogen and oxygen atoms in total. The van der Waals surface area contributed by atoms with Crippen molar-refractivity contribution >= 4 is 59.0 Å². The van der Waals surface area contributed by atoms with Gasteiger partial charge in [0.05, 0.1) is 23.5 Å². The van der Waals surface area contributed by atoms with E-state index >= 15 is 0 Å². The molecule has 0 aromatic heterocycles.